The predicted octanol–water partition coefficient (Wildman–Crippen LogP) is 2.84. The van der Waals surface area contributed by atoms with Crippen molar-refractivity contribution in [1.82, 2.24) is 10.2 Å². The highest BCUT2D eigenvalue weighted by Crippen LogP contribution is 2.24. The topological polar surface area (TPSA) is 69.6 Å². The first-order valence-electron chi connectivity index (χ1n) is 7.00. The van der Waals surface area contributed by atoms with Crippen LogP contribution < -0.4 is 5.32 Å². The van der Waals surface area contributed by atoms with E-state index in [-0.39, 0.29) is 11.9 Å². The fraction of sp³-hybridized carbons (Fsp3) is 0.571. The van der Waals surface area contributed by atoms with Crippen LogP contribution >= 0.6 is 22.9 Å². The third kappa shape index (κ3) is 4.11. The normalized spacial score (nSPS) is 22.1. The highest BCUT2D eigenvalue weighted by Gasteiger charge is 2.36. The minimum Gasteiger partial charge on any atom is -0.480 e. The summed E-state index contributed by atoms with van der Waals surface area (Å²) in [4.78, 5) is 26.1. The smallest absolute Gasteiger partial charge is 0.326 e. The van der Waals surface area contributed by atoms with Crippen LogP contribution in [-0.2, 0) is 11.2 Å². The van der Waals surface area contributed by atoms with Gasteiger partial charge in [0.05, 0.1) is 4.34 Å². The fourth-order valence-corrected chi connectivity index (χ4v) is 3.76. The Kier molecular flexibility index (Phi) is 5.47. The van der Waals surface area contributed by atoms with E-state index in [4.69, 9.17) is 11.6 Å². The van der Waals surface area contributed by atoms with Crippen LogP contribution in [0.4, 0.5) is 4.79 Å². The Balaban J connectivity index is 1.87. The van der Waals surface area contributed by atoms with Crippen molar-refractivity contribution in [1.29, 1.82) is 0 Å². The molecule has 116 valence electrons. The molecular weight excluding hydrogens is 312 g/mol. The summed E-state index contributed by atoms with van der Waals surface area (Å²) in [5, 5.41) is 12.1. The number of aliphatic carboxylic acids is 1. The van der Waals surface area contributed by atoms with Gasteiger partial charge in [-0.05, 0) is 37.3 Å². The second-order valence-electron chi connectivity index (χ2n) is 5.28. The van der Waals surface area contributed by atoms with E-state index in [9.17, 15) is 14.7 Å². The van der Waals surface area contributed by atoms with Crippen LogP contribution in [-0.4, -0.2) is 41.1 Å². The second-order valence-corrected chi connectivity index (χ2v) is 7.08. The molecule has 7 heteroatoms. The van der Waals surface area contributed by atoms with Gasteiger partial charge in [-0.25, -0.2) is 9.59 Å². The van der Waals surface area contributed by atoms with Crippen LogP contribution in [0.5, 0.6) is 0 Å². The summed E-state index contributed by atoms with van der Waals surface area (Å²) in [5.41, 5.74) is 0. The van der Waals surface area contributed by atoms with Gasteiger partial charge in [-0.2, -0.15) is 0 Å². The zero-order chi connectivity index (χ0) is 15.4. The third-order valence-corrected chi connectivity index (χ3v) is 5.01. The van der Waals surface area contributed by atoms with Crippen molar-refractivity contribution in [2.45, 2.75) is 32.2 Å². The Labute approximate surface area is 132 Å². The molecule has 0 spiro atoms. The van der Waals surface area contributed by atoms with Gasteiger partial charge in [-0.3, -0.25) is 0 Å². The zero-order valence-electron chi connectivity index (χ0n) is 11.8. The van der Waals surface area contributed by atoms with Crippen molar-refractivity contribution >= 4 is 34.9 Å². The summed E-state index contributed by atoms with van der Waals surface area (Å²) in [5.74, 6) is -0.944. The number of hydrogen-bond acceptors (Lipinski definition) is 3. The number of likely N-dealkylation sites (tertiary alicyclic amines) is 1. The molecule has 2 unspecified atom stereocenters. The molecular formula is C14H19ClN2O3S. The number of hydrogen-bond donors (Lipinski definition) is 2. The van der Waals surface area contributed by atoms with Gasteiger partial charge in [0, 0.05) is 18.0 Å². The first-order chi connectivity index (χ1) is 9.99. The van der Waals surface area contributed by atoms with Crippen LogP contribution in [0.15, 0.2) is 12.1 Å². The van der Waals surface area contributed by atoms with Crippen LogP contribution in [0.25, 0.3) is 0 Å². The summed E-state index contributed by atoms with van der Waals surface area (Å²) in [7, 11) is 0. The molecule has 2 atom stereocenters. The van der Waals surface area contributed by atoms with Crippen molar-refractivity contribution in [3.8, 4) is 0 Å². The number of halogens is 1. The number of nitrogens with one attached hydrogen (secondary N) is 1. The molecule has 0 saturated carbocycles. The van der Waals surface area contributed by atoms with Crippen LogP contribution in [0.3, 0.4) is 0 Å². The number of piperidine rings is 1. The number of amides is 2. The van der Waals surface area contributed by atoms with Crippen LogP contribution in [0, 0.1) is 5.92 Å². The maximum absolute atomic E-state index is 12.2. The van der Waals surface area contributed by atoms with E-state index >= 15 is 0 Å². The number of rotatable bonds is 4. The number of carboxylic acids is 1. The molecule has 2 heterocycles. The van der Waals surface area contributed by atoms with E-state index in [1.165, 1.54) is 16.2 Å². The highest BCUT2D eigenvalue weighted by atomic mass is 35.5. The molecule has 2 amide bonds. The lowest BCUT2D eigenvalue weighted by Crippen LogP contribution is -2.55. The van der Waals surface area contributed by atoms with E-state index in [0.717, 1.165) is 22.1 Å². The number of carbonyl (C=O) groups excluding carboxylic acids is 1. The lowest BCUT2D eigenvalue weighted by Gasteiger charge is -2.37. The van der Waals surface area contributed by atoms with E-state index in [1.807, 2.05) is 19.1 Å². The second kappa shape index (κ2) is 7.13. The third-order valence-electron chi connectivity index (χ3n) is 3.72. The Bertz CT molecular complexity index is 520. The molecule has 1 fully saturated rings. The molecule has 1 saturated heterocycles. The molecule has 1 aromatic heterocycles. The molecule has 0 bridgehead atoms. The van der Waals surface area contributed by atoms with Gasteiger partial charge >= 0.3 is 12.0 Å². The fourth-order valence-electron chi connectivity index (χ4n) is 2.67. The predicted molar refractivity (Wildman–Crippen MR) is 83.0 cm³/mol. The lowest BCUT2D eigenvalue weighted by atomic mass is 9.91. The molecule has 5 nitrogen and oxygen atoms in total. The summed E-state index contributed by atoms with van der Waals surface area (Å²) >= 11 is 7.34. The van der Waals surface area contributed by atoms with E-state index in [2.05, 4.69) is 5.32 Å². The first-order valence-corrected chi connectivity index (χ1v) is 8.20. The molecule has 1 aliphatic heterocycles. The first kappa shape index (κ1) is 16.1. The van der Waals surface area contributed by atoms with E-state index < -0.39 is 12.0 Å². The zero-order valence-corrected chi connectivity index (χ0v) is 13.4. The monoisotopic (exact) mass is 330 g/mol. The van der Waals surface area contributed by atoms with Gasteiger partial charge < -0.3 is 15.3 Å². The maximum atomic E-state index is 12.2. The van der Waals surface area contributed by atoms with Gasteiger partial charge in [-0.15, -0.1) is 11.3 Å². The van der Waals surface area contributed by atoms with Gasteiger partial charge in [0.1, 0.15) is 6.04 Å². The van der Waals surface area contributed by atoms with Crippen LogP contribution in [0.1, 0.15) is 24.6 Å². The Morgan fingerprint density at radius 2 is 2.29 bits per heavy atom. The molecule has 1 aliphatic rings. The van der Waals surface area contributed by atoms with E-state index in [1.54, 1.807) is 0 Å². The Morgan fingerprint density at radius 3 is 2.90 bits per heavy atom. The quantitative estimate of drug-likeness (QED) is 0.891. The average Bonchev–Trinajstić information content (AvgIpc) is 2.83. The molecule has 0 radical (unpaired) electrons. The van der Waals surface area contributed by atoms with Gasteiger partial charge in [-0.1, -0.05) is 18.5 Å². The average molecular weight is 331 g/mol. The highest BCUT2D eigenvalue weighted by molar-refractivity contribution is 7.16. The molecule has 0 aliphatic carbocycles. The molecule has 0 aromatic carbocycles. The van der Waals surface area contributed by atoms with Gasteiger partial charge in [0.15, 0.2) is 0 Å². The van der Waals surface area contributed by atoms with Crippen molar-refractivity contribution in [2.24, 2.45) is 5.92 Å². The van der Waals surface area contributed by atoms with Crippen LogP contribution in [0.2, 0.25) is 4.34 Å². The number of thiophene rings is 1. The van der Waals surface area contributed by atoms with Gasteiger partial charge in [0.2, 0.25) is 0 Å². The molecule has 2 N–H and O–H groups in total. The van der Waals surface area contributed by atoms with Crippen molar-refractivity contribution < 1.29 is 14.7 Å². The minimum atomic E-state index is -0.928. The van der Waals surface area contributed by atoms with Crippen molar-refractivity contribution in [2.75, 3.05) is 13.1 Å². The molecule has 2 rings (SSSR count). The minimum absolute atomic E-state index is 0.0156. The number of carboxylic acid groups (broad SMARTS) is 1. The summed E-state index contributed by atoms with van der Waals surface area (Å²) in [6, 6.07) is 2.74. The largest absolute Gasteiger partial charge is 0.480 e. The summed E-state index contributed by atoms with van der Waals surface area (Å²) in [6.45, 7) is 2.86. The SMILES string of the molecule is CC1CCCN(C(=O)NCCc2ccc(Cl)s2)C1C(=O)O. The van der Waals surface area contributed by atoms with Crippen molar-refractivity contribution in [3.05, 3.63) is 21.3 Å². The molecule has 1 aromatic rings. The number of carbonyl (C=O) groups is 2. The lowest BCUT2D eigenvalue weighted by molar-refractivity contribution is -0.145. The van der Waals surface area contributed by atoms with Gasteiger partial charge in [0.25, 0.3) is 0 Å². The maximum Gasteiger partial charge on any atom is 0.326 e. The molecule has 21 heavy (non-hydrogen) atoms. The standard InChI is InChI=1S/C14H19ClN2O3S/c1-9-3-2-8-17(12(9)13(18)19)14(20)16-7-6-10-4-5-11(15)21-10/h4-5,9,12H,2-3,6-8H2,1H3,(H,16,20)(H,18,19). The number of nitrogens with zero attached hydrogens (tertiary/aromatic N) is 1. The van der Waals surface area contributed by atoms with E-state index in [0.29, 0.717) is 19.5 Å². The Morgan fingerprint density at radius 1 is 1.52 bits per heavy atom. The summed E-state index contributed by atoms with van der Waals surface area (Å²) < 4.78 is 0.729. The summed E-state index contributed by atoms with van der Waals surface area (Å²) in [6.07, 6.45) is 2.39. The number of urea groups is 1. The van der Waals surface area contributed by atoms with Crippen molar-refractivity contribution in [3.63, 3.8) is 0 Å². The Hall–Kier alpha value is -1.27.